The standard InChI is InChI=1S/C14H21N3O4/c1-4-10(13(15)17-19)14(18)16-8-9-5-6-11(20-2)12(7-9)21-3/h5-7,10,19H,4,8H2,1-3H3,(H2,15,17)(H,16,18). The maximum Gasteiger partial charge on any atom is 0.231 e. The minimum Gasteiger partial charge on any atom is -0.493 e. The first kappa shape index (κ1) is 16.6. The van der Waals surface area contributed by atoms with Crippen LogP contribution < -0.4 is 20.5 Å². The van der Waals surface area contributed by atoms with Crippen LogP contribution in [0.2, 0.25) is 0 Å². The number of rotatable bonds is 7. The molecule has 1 rings (SSSR count). The van der Waals surface area contributed by atoms with Crippen molar-refractivity contribution in [3.8, 4) is 11.5 Å². The van der Waals surface area contributed by atoms with Gasteiger partial charge in [0, 0.05) is 6.54 Å². The third kappa shape index (κ3) is 4.27. The highest BCUT2D eigenvalue weighted by atomic mass is 16.5. The molecule has 0 spiro atoms. The van der Waals surface area contributed by atoms with E-state index >= 15 is 0 Å². The number of ether oxygens (including phenoxy) is 2. The minimum atomic E-state index is -0.643. The lowest BCUT2D eigenvalue weighted by Crippen LogP contribution is -2.38. The van der Waals surface area contributed by atoms with Crippen LogP contribution in [0.1, 0.15) is 18.9 Å². The molecule has 0 saturated carbocycles. The zero-order valence-electron chi connectivity index (χ0n) is 12.4. The highest BCUT2D eigenvalue weighted by Gasteiger charge is 2.20. The van der Waals surface area contributed by atoms with Gasteiger partial charge in [-0.2, -0.15) is 0 Å². The monoisotopic (exact) mass is 295 g/mol. The molecule has 0 bridgehead atoms. The van der Waals surface area contributed by atoms with Crippen LogP contribution in [0.25, 0.3) is 0 Å². The van der Waals surface area contributed by atoms with Gasteiger partial charge in [-0.25, -0.2) is 0 Å². The maximum atomic E-state index is 12.0. The van der Waals surface area contributed by atoms with Gasteiger partial charge >= 0.3 is 0 Å². The van der Waals surface area contributed by atoms with E-state index in [4.69, 9.17) is 20.4 Å². The van der Waals surface area contributed by atoms with Crippen LogP contribution in [-0.4, -0.2) is 31.2 Å². The Morgan fingerprint density at radius 3 is 2.57 bits per heavy atom. The lowest BCUT2D eigenvalue weighted by atomic mass is 10.0. The number of hydrogen-bond donors (Lipinski definition) is 3. The minimum absolute atomic E-state index is 0.0951. The van der Waals surface area contributed by atoms with Crippen LogP contribution in [0, 0.1) is 5.92 Å². The molecule has 1 aromatic carbocycles. The molecule has 1 unspecified atom stereocenters. The Kier molecular flexibility index (Phi) is 6.32. The summed E-state index contributed by atoms with van der Waals surface area (Å²) in [4.78, 5) is 12.0. The average Bonchev–Trinajstić information content (AvgIpc) is 2.52. The van der Waals surface area contributed by atoms with Crippen LogP contribution >= 0.6 is 0 Å². The summed E-state index contributed by atoms with van der Waals surface area (Å²) in [6.07, 6.45) is 0.452. The summed E-state index contributed by atoms with van der Waals surface area (Å²) in [5.41, 5.74) is 6.34. The van der Waals surface area contributed by atoms with Crippen molar-refractivity contribution >= 4 is 11.7 Å². The molecule has 0 aromatic heterocycles. The highest BCUT2D eigenvalue weighted by molar-refractivity contribution is 6.01. The average molecular weight is 295 g/mol. The fraction of sp³-hybridized carbons (Fsp3) is 0.429. The predicted molar refractivity (Wildman–Crippen MR) is 78.6 cm³/mol. The first-order valence-electron chi connectivity index (χ1n) is 6.53. The van der Waals surface area contributed by atoms with E-state index in [9.17, 15) is 4.79 Å². The fourth-order valence-corrected chi connectivity index (χ4v) is 1.90. The van der Waals surface area contributed by atoms with Crippen LogP contribution in [0.15, 0.2) is 23.4 Å². The summed E-state index contributed by atoms with van der Waals surface area (Å²) < 4.78 is 10.3. The second kappa shape index (κ2) is 7.98. The summed E-state index contributed by atoms with van der Waals surface area (Å²) in [6.45, 7) is 2.10. The van der Waals surface area contributed by atoms with E-state index in [1.165, 1.54) is 0 Å². The van der Waals surface area contributed by atoms with Crippen molar-refractivity contribution in [2.75, 3.05) is 14.2 Å². The number of carbonyl (C=O) groups excluding carboxylic acids is 1. The summed E-state index contributed by atoms with van der Waals surface area (Å²) in [5.74, 6) is 0.184. The molecule has 1 amide bonds. The van der Waals surface area contributed by atoms with E-state index in [0.717, 1.165) is 5.56 Å². The zero-order valence-corrected chi connectivity index (χ0v) is 12.4. The molecule has 21 heavy (non-hydrogen) atoms. The molecule has 0 aliphatic heterocycles. The molecule has 7 heteroatoms. The predicted octanol–water partition coefficient (Wildman–Crippen LogP) is 1.09. The van der Waals surface area contributed by atoms with Gasteiger partial charge in [0.1, 0.15) is 0 Å². The number of benzene rings is 1. The summed E-state index contributed by atoms with van der Waals surface area (Å²) in [6, 6.07) is 5.37. The van der Waals surface area contributed by atoms with Gasteiger partial charge in [-0.1, -0.05) is 18.1 Å². The van der Waals surface area contributed by atoms with Gasteiger partial charge in [-0.05, 0) is 24.1 Å². The zero-order chi connectivity index (χ0) is 15.8. The topological polar surface area (TPSA) is 106 Å². The van der Waals surface area contributed by atoms with Crippen molar-refractivity contribution < 1.29 is 19.5 Å². The smallest absolute Gasteiger partial charge is 0.231 e. The Balaban J connectivity index is 2.72. The maximum absolute atomic E-state index is 12.0. The summed E-state index contributed by atoms with van der Waals surface area (Å²) in [5, 5.41) is 14.3. The largest absolute Gasteiger partial charge is 0.493 e. The molecule has 1 atom stereocenters. The fourth-order valence-electron chi connectivity index (χ4n) is 1.90. The van der Waals surface area contributed by atoms with Gasteiger partial charge in [0.05, 0.1) is 20.1 Å². The Labute approximate surface area is 123 Å². The molecular formula is C14H21N3O4. The van der Waals surface area contributed by atoms with E-state index in [-0.39, 0.29) is 11.7 Å². The van der Waals surface area contributed by atoms with Crippen molar-refractivity contribution in [3.63, 3.8) is 0 Å². The van der Waals surface area contributed by atoms with Gasteiger partial charge in [-0.3, -0.25) is 4.79 Å². The van der Waals surface area contributed by atoms with Crippen LogP contribution in [0.3, 0.4) is 0 Å². The van der Waals surface area contributed by atoms with Crippen molar-refractivity contribution in [1.82, 2.24) is 5.32 Å². The van der Waals surface area contributed by atoms with Crippen molar-refractivity contribution in [1.29, 1.82) is 0 Å². The molecule has 0 radical (unpaired) electrons. The van der Waals surface area contributed by atoms with E-state index in [2.05, 4.69) is 10.5 Å². The molecule has 116 valence electrons. The third-order valence-corrected chi connectivity index (χ3v) is 3.11. The van der Waals surface area contributed by atoms with E-state index in [1.54, 1.807) is 33.3 Å². The Morgan fingerprint density at radius 1 is 1.38 bits per heavy atom. The molecule has 0 heterocycles. The molecule has 0 aliphatic carbocycles. The molecule has 1 aromatic rings. The summed E-state index contributed by atoms with van der Waals surface area (Å²) >= 11 is 0. The Bertz CT molecular complexity index is 517. The highest BCUT2D eigenvalue weighted by Crippen LogP contribution is 2.27. The first-order valence-corrected chi connectivity index (χ1v) is 6.53. The number of nitrogens with two attached hydrogens (primary N) is 1. The molecular weight excluding hydrogens is 274 g/mol. The number of nitrogens with one attached hydrogen (secondary N) is 1. The second-order valence-electron chi connectivity index (χ2n) is 4.39. The van der Waals surface area contributed by atoms with Gasteiger partial charge in [0.25, 0.3) is 0 Å². The SMILES string of the molecule is CCC(C(=O)NCc1ccc(OC)c(OC)c1)C(N)=NO. The normalized spacial score (nSPS) is 12.6. The lowest BCUT2D eigenvalue weighted by molar-refractivity contribution is -0.123. The van der Waals surface area contributed by atoms with Gasteiger partial charge in [0.2, 0.25) is 5.91 Å². The number of methoxy groups -OCH3 is 2. The number of oxime groups is 1. The van der Waals surface area contributed by atoms with Gasteiger partial charge in [-0.15, -0.1) is 0 Å². The number of carbonyl (C=O) groups is 1. The number of amides is 1. The lowest BCUT2D eigenvalue weighted by Gasteiger charge is -2.14. The van der Waals surface area contributed by atoms with E-state index in [0.29, 0.717) is 24.5 Å². The number of nitrogens with zero attached hydrogens (tertiary/aromatic N) is 1. The van der Waals surface area contributed by atoms with E-state index in [1.807, 2.05) is 6.07 Å². The molecule has 4 N–H and O–H groups in total. The second-order valence-corrected chi connectivity index (χ2v) is 4.39. The van der Waals surface area contributed by atoms with Crippen LogP contribution in [-0.2, 0) is 11.3 Å². The van der Waals surface area contributed by atoms with Crippen molar-refractivity contribution in [2.45, 2.75) is 19.9 Å². The van der Waals surface area contributed by atoms with E-state index < -0.39 is 5.92 Å². The van der Waals surface area contributed by atoms with Gasteiger partial charge in [0.15, 0.2) is 17.3 Å². The third-order valence-electron chi connectivity index (χ3n) is 3.11. The molecule has 0 saturated heterocycles. The molecule has 0 aliphatic rings. The Hall–Kier alpha value is -2.44. The number of hydrogen-bond acceptors (Lipinski definition) is 5. The molecule has 0 fully saturated rings. The number of amidine groups is 1. The van der Waals surface area contributed by atoms with Crippen LogP contribution in [0.4, 0.5) is 0 Å². The first-order chi connectivity index (χ1) is 10.1. The molecule has 7 nitrogen and oxygen atoms in total. The van der Waals surface area contributed by atoms with Gasteiger partial charge < -0.3 is 25.7 Å². The summed E-state index contributed by atoms with van der Waals surface area (Å²) in [7, 11) is 3.11. The van der Waals surface area contributed by atoms with Crippen LogP contribution in [0.5, 0.6) is 11.5 Å². The Morgan fingerprint density at radius 2 is 2.05 bits per heavy atom. The van der Waals surface area contributed by atoms with Crippen molar-refractivity contribution in [2.24, 2.45) is 16.8 Å². The van der Waals surface area contributed by atoms with Crippen molar-refractivity contribution in [3.05, 3.63) is 23.8 Å². The quantitative estimate of drug-likeness (QED) is 0.302.